The third-order valence-electron chi connectivity index (χ3n) is 2.32. The molecular weight excluding hydrogens is 266 g/mol. The number of aromatic hydroxyl groups is 1. The van der Waals surface area contributed by atoms with E-state index < -0.39 is 22.3 Å². The van der Waals surface area contributed by atoms with Crippen LogP contribution in [-0.4, -0.2) is 22.2 Å². The summed E-state index contributed by atoms with van der Waals surface area (Å²) < 4.78 is 4.86. The van der Waals surface area contributed by atoms with Crippen molar-refractivity contribution in [1.82, 2.24) is 5.43 Å². The van der Waals surface area contributed by atoms with Crippen LogP contribution in [0.2, 0.25) is 0 Å². The van der Waals surface area contributed by atoms with Gasteiger partial charge in [0.15, 0.2) is 11.5 Å². The summed E-state index contributed by atoms with van der Waals surface area (Å²) in [5, 5.41) is 23.6. The minimum atomic E-state index is -0.699. The second kappa shape index (κ2) is 5.65. The van der Waals surface area contributed by atoms with Crippen molar-refractivity contribution >= 4 is 17.8 Å². The van der Waals surface area contributed by atoms with Crippen LogP contribution in [0.4, 0.5) is 5.69 Å². The average molecular weight is 275 g/mol. The lowest BCUT2D eigenvalue weighted by molar-refractivity contribution is -0.385. The summed E-state index contributed by atoms with van der Waals surface area (Å²) in [4.78, 5) is 21.3. The summed E-state index contributed by atoms with van der Waals surface area (Å²) >= 11 is 0. The number of rotatable bonds is 4. The van der Waals surface area contributed by atoms with E-state index >= 15 is 0 Å². The number of nitro benzene ring substituents is 1. The van der Waals surface area contributed by atoms with Crippen molar-refractivity contribution in [1.29, 1.82) is 0 Å². The fourth-order valence-corrected chi connectivity index (χ4v) is 1.40. The number of benzene rings is 1. The Hall–Kier alpha value is -3.16. The van der Waals surface area contributed by atoms with Gasteiger partial charge in [0.05, 0.1) is 17.4 Å². The topological polar surface area (TPSA) is 118 Å². The molecule has 0 aliphatic rings. The normalized spacial score (nSPS) is 10.6. The minimum Gasteiger partial charge on any atom is -0.502 e. The average Bonchev–Trinajstić information content (AvgIpc) is 2.92. The largest absolute Gasteiger partial charge is 0.502 e. The molecule has 0 fully saturated rings. The molecule has 0 aliphatic carbocycles. The Bertz CT molecular complexity index is 664. The number of furan rings is 1. The van der Waals surface area contributed by atoms with Gasteiger partial charge in [0.2, 0.25) is 0 Å². The Labute approximate surface area is 112 Å². The Morgan fingerprint density at radius 2 is 2.25 bits per heavy atom. The predicted molar refractivity (Wildman–Crippen MR) is 68.5 cm³/mol. The quantitative estimate of drug-likeness (QED) is 0.499. The second-order valence-electron chi connectivity index (χ2n) is 3.68. The lowest BCUT2D eigenvalue weighted by atomic mass is 10.2. The molecule has 8 heteroatoms. The summed E-state index contributed by atoms with van der Waals surface area (Å²) in [6, 6.07) is 6.74. The molecule has 2 aromatic rings. The number of carbonyl (C=O) groups excluding carboxylic acids is 1. The molecule has 2 N–H and O–H groups in total. The molecule has 0 spiro atoms. The number of hydrogen-bond acceptors (Lipinski definition) is 6. The van der Waals surface area contributed by atoms with Gasteiger partial charge in [-0.25, -0.2) is 5.43 Å². The molecule has 1 amide bonds. The van der Waals surface area contributed by atoms with Crippen LogP contribution in [0.3, 0.4) is 0 Å². The van der Waals surface area contributed by atoms with Crippen molar-refractivity contribution in [2.45, 2.75) is 0 Å². The van der Waals surface area contributed by atoms with E-state index in [2.05, 4.69) is 10.5 Å². The number of amides is 1. The first-order valence-corrected chi connectivity index (χ1v) is 5.42. The predicted octanol–water partition coefficient (Wildman–Crippen LogP) is 1.66. The van der Waals surface area contributed by atoms with Crippen LogP contribution in [-0.2, 0) is 0 Å². The standard InChI is InChI=1S/C12H9N3O5/c16-10-6-8(3-4-9(10)15(18)19)7-13-14-12(17)11-2-1-5-20-11/h1-7,16H,(H,14,17). The molecule has 1 heterocycles. The van der Waals surface area contributed by atoms with Gasteiger partial charge in [0.25, 0.3) is 0 Å². The molecule has 8 nitrogen and oxygen atoms in total. The number of nitro groups is 1. The minimum absolute atomic E-state index is 0.105. The van der Waals surface area contributed by atoms with Crippen molar-refractivity contribution in [2.24, 2.45) is 5.10 Å². The lowest BCUT2D eigenvalue weighted by Crippen LogP contribution is -2.16. The van der Waals surface area contributed by atoms with Gasteiger partial charge in [-0.15, -0.1) is 0 Å². The summed E-state index contributed by atoms with van der Waals surface area (Å²) in [6.45, 7) is 0. The number of nitrogens with zero attached hydrogens (tertiary/aromatic N) is 2. The molecule has 2 rings (SSSR count). The van der Waals surface area contributed by atoms with Gasteiger partial charge in [-0.3, -0.25) is 14.9 Å². The van der Waals surface area contributed by atoms with Gasteiger partial charge in [0.1, 0.15) is 0 Å². The Balaban J connectivity index is 2.03. The van der Waals surface area contributed by atoms with Crippen molar-refractivity contribution < 1.29 is 19.2 Å². The third kappa shape index (κ3) is 2.99. The molecule has 0 saturated carbocycles. The van der Waals surface area contributed by atoms with Crippen molar-refractivity contribution in [3.63, 3.8) is 0 Å². The van der Waals surface area contributed by atoms with E-state index in [0.717, 1.165) is 6.07 Å². The molecule has 0 saturated heterocycles. The third-order valence-corrected chi connectivity index (χ3v) is 2.32. The van der Waals surface area contributed by atoms with Gasteiger partial charge < -0.3 is 9.52 Å². The highest BCUT2D eigenvalue weighted by atomic mass is 16.6. The van der Waals surface area contributed by atoms with E-state index in [-0.39, 0.29) is 5.76 Å². The zero-order valence-corrected chi connectivity index (χ0v) is 10.0. The zero-order chi connectivity index (χ0) is 14.5. The SMILES string of the molecule is O=C(NN=Cc1ccc([N+](=O)[O-])c(O)c1)c1ccco1. The first-order valence-electron chi connectivity index (χ1n) is 5.42. The lowest BCUT2D eigenvalue weighted by Gasteiger charge is -1.98. The number of phenols is 1. The highest BCUT2D eigenvalue weighted by Gasteiger charge is 2.12. The fourth-order valence-electron chi connectivity index (χ4n) is 1.40. The van der Waals surface area contributed by atoms with Crippen LogP contribution < -0.4 is 5.43 Å². The van der Waals surface area contributed by atoms with E-state index in [4.69, 9.17) is 4.42 Å². The van der Waals surface area contributed by atoms with E-state index in [9.17, 15) is 20.0 Å². The monoisotopic (exact) mass is 275 g/mol. The van der Waals surface area contributed by atoms with E-state index in [0.29, 0.717) is 5.56 Å². The fraction of sp³-hybridized carbons (Fsp3) is 0. The molecule has 0 atom stereocenters. The van der Waals surface area contributed by atoms with Crippen LogP contribution in [0, 0.1) is 10.1 Å². The summed E-state index contributed by atoms with van der Waals surface area (Å²) in [5.41, 5.74) is 2.21. The number of hydrogen-bond donors (Lipinski definition) is 2. The van der Waals surface area contributed by atoms with E-state index in [1.165, 1.54) is 30.7 Å². The molecule has 1 aromatic carbocycles. The number of hydrazone groups is 1. The highest BCUT2D eigenvalue weighted by Crippen LogP contribution is 2.25. The molecule has 0 aliphatic heterocycles. The van der Waals surface area contributed by atoms with Gasteiger partial charge in [-0.1, -0.05) is 0 Å². The molecule has 0 bridgehead atoms. The maximum Gasteiger partial charge on any atom is 0.310 e. The summed E-state index contributed by atoms with van der Waals surface area (Å²) in [6.07, 6.45) is 2.59. The zero-order valence-electron chi connectivity index (χ0n) is 10.0. The van der Waals surface area contributed by atoms with Gasteiger partial charge in [0, 0.05) is 6.07 Å². The Morgan fingerprint density at radius 1 is 1.45 bits per heavy atom. The number of nitrogens with one attached hydrogen (secondary N) is 1. The Morgan fingerprint density at radius 3 is 2.85 bits per heavy atom. The van der Waals surface area contributed by atoms with Crippen molar-refractivity contribution in [3.05, 3.63) is 58.0 Å². The highest BCUT2D eigenvalue weighted by molar-refractivity contribution is 5.92. The molecule has 0 unspecified atom stereocenters. The summed E-state index contributed by atoms with van der Waals surface area (Å²) in [5.74, 6) is -0.901. The van der Waals surface area contributed by atoms with E-state index in [1.54, 1.807) is 6.07 Å². The molecule has 102 valence electrons. The van der Waals surface area contributed by atoms with Crippen LogP contribution in [0.15, 0.2) is 46.1 Å². The maximum absolute atomic E-state index is 11.4. The molecular formula is C12H9N3O5. The van der Waals surface area contributed by atoms with Crippen LogP contribution in [0.25, 0.3) is 0 Å². The summed E-state index contributed by atoms with van der Waals surface area (Å²) in [7, 11) is 0. The van der Waals surface area contributed by atoms with E-state index in [1.807, 2.05) is 0 Å². The molecule has 0 radical (unpaired) electrons. The van der Waals surface area contributed by atoms with Crippen LogP contribution in [0.5, 0.6) is 5.75 Å². The smallest absolute Gasteiger partial charge is 0.310 e. The van der Waals surface area contributed by atoms with Crippen molar-refractivity contribution in [2.75, 3.05) is 0 Å². The number of carbonyl (C=O) groups is 1. The second-order valence-corrected chi connectivity index (χ2v) is 3.68. The van der Waals surface area contributed by atoms with Gasteiger partial charge in [-0.2, -0.15) is 5.10 Å². The van der Waals surface area contributed by atoms with Crippen LogP contribution in [0.1, 0.15) is 16.1 Å². The van der Waals surface area contributed by atoms with Gasteiger partial charge >= 0.3 is 11.6 Å². The first kappa shape index (κ1) is 13.3. The Kier molecular flexibility index (Phi) is 3.75. The molecule has 20 heavy (non-hydrogen) atoms. The molecule has 1 aromatic heterocycles. The number of phenolic OH excluding ortho intramolecular Hbond substituents is 1. The first-order chi connectivity index (χ1) is 9.58. The van der Waals surface area contributed by atoms with Crippen molar-refractivity contribution in [3.8, 4) is 5.75 Å². The van der Waals surface area contributed by atoms with Gasteiger partial charge in [-0.05, 0) is 29.8 Å². The maximum atomic E-state index is 11.4. The van der Waals surface area contributed by atoms with Crippen LogP contribution >= 0.6 is 0 Å².